The second kappa shape index (κ2) is 7.64. The SMILES string of the molecule is CC1CCCCC1NC(=O)C(C)n1nc(-c2ccccc2)ccc1=O. The molecule has 2 aromatic rings. The molecule has 25 heavy (non-hydrogen) atoms. The Labute approximate surface area is 148 Å². The number of carbonyl (C=O) groups excluding carboxylic acids is 1. The first-order valence-corrected chi connectivity index (χ1v) is 9.02. The number of amides is 1. The summed E-state index contributed by atoms with van der Waals surface area (Å²) in [6.07, 6.45) is 4.52. The second-order valence-corrected chi connectivity index (χ2v) is 6.92. The molecule has 1 amide bonds. The number of hydrogen-bond donors (Lipinski definition) is 1. The molecule has 5 nitrogen and oxygen atoms in total. The van der Waals surface area contributed by atoms with Crippen molar-refractivity contribution in [1.82, 2.24) is 15.1 Å². The summed E-state index contributed by atoms with van der Waals surface area (Å²) in [5, 5.41) is 7.53. The smallest absolute Gasteiger partial charge is 0.267 e. The number of carbonyl (C=O) groups is 1. The predicted molar refractivity (Wildman–Crippen MR) is 98.2 cm³/mol. The van der Waals surface area contributed by atoms with Crippen LogP contribution in [0, 0.1) is 5.92 Å². The van der Waals surface area contributed by atoms with E-state index in [-0.39, 0.29) is 17.5 Å². The molecule has 0 spiro atoms. The Bertz CT molecular complexity index is 785. The number of hydrogen-bond acceptors (Lipinski definition) is 3. The Kier molecular flexibility index (Phi) is 5.31. The highest BCUT2D eigenvalue weighted by Crippen LogP contribution is 2.24. The van der Waals surface area contributed by atoms with Gasteiger partial charge < -0.3 is 5.32 Å². The van der Waals surface area contributed by atoms with Gasteiger partial charge in [0.25, 0.3) is 5.56 Å². The summed E-state index contributed by atoms with van der Waals surface area (Å²) in [6, 6.07) is 12.4. The first-order valence-electron chi connectivity index (χ1n) is 9.02. The summed E-state index contributed by atoms with van der Waals surface area (Å²) in [5.41, 5.74) is 1.34. The van der Waals surface area contributed by atoms with Crippen LogP contribution in [0.1, 0.15) is 45.6 Å². The monoisotopic (exact) mass is 339 g/mol. The number of nitrogens with zero attached hydrogens (tertiary/aromatic N) is 2. The Balaban J connectivity index is 1.80. The molecule has 0 bridgehead atoms. The standard InChI is InChI=1S/C20H25N3O2/c1-14-8-6-7-11-17(14)21-20(25)15(2)23-19(24)13-12-18(22-23)16-9-4-3-5-10-16/h3-5,9-10,12-15,17H,6-8,11H2,1-2H3,(H,21,25). The van der Waals surface area contributed by atoms with Gasteiger partial charge in [-0.15, -0.1) is 0 Å². The molecule has 1 aliphatic carbocycles. The van der Waals surface area contributed by atoms with E-state index in [0.717, 1.165) is 24.8 Å². The number of benzene rings is 1. The summed E-state index contributed by atoms with van der Waals surface area (Å²) in [6.45, 7) is 3.90. The summed E-state index contributed by atoms with van der Waals surface area (Å²) in [4.78, 5) is 24.9. The summed E-state index contributed by atoms with van der Waals surface area (Å²) in [7, 11) is 0. The van der Waals surface area contributed by atoms with Crippen LogP contribution >= 0.6 is 0 Å². The first-order chi connectivity index (χ1) is 12.1. The maximum absolute atomic E-state index is 12.6. The predicted octanol–water partition coefficient (Wildman–Crippen LogP) is 3.17. The minimum atomic E-state index is -0.634. The molecule has 1 N–H and O–H groups in total. The third-order valence-corrected chi connectivity index (χ3v) is 5.08. The van der Waals surface area contributed by atoms with Gasteiger partial charge in [0.1, 0.15) is 6.04 Å². The number of aromatic nitrogens is 2. The van der Waals surface area contributed by atoms with E-state index in [4.69, 9.17) is 0 Å². The molecule has 1 fully saturated rings. The molecule has 3 unspecified atom stereocenters. The highest BCUT2D eigenvalue weighted by Gasteiger charge is 2.26. The van der Waals surface area contributed by atoms with Crippen LogP contribution in [0.2, 0.25) is 0 Å². The van der Waals surface area contributed by atoms with Crippen LogP contribution in [-0.4, -0.2) is 21.7 Å². The number of rotatable bonds is 4. The zero-order valence-corrected chi connectivity index (χ0v) is 14.8. The van der Waals surface area contributed by atoms with Gasteiger partial charge in [-0.2, -0.15) is 5.10 Å². The van der Waals surface area contributed by atoms with Crippen molar-refractivity contribution < 1.29 is 4.79 Å². The highest BCUT2D eigenvalue weighted by molar-refractivity contribution is 5.80. The van der Waals surface area contributed by atoms with Crippen molar-refractivity contribution in [2.24, 2.45) is 5.92 Å². The van der Waals surface area contributed by atoms with E-state index in [9.17, 15) is 9.59 Å². The van der Waals surface area contributed by atoms with Crippen LogP contribution in [0.25, 0.3) is 11.3 Å². The molecule has 0 aliphatic heterocycles. The van der Waals surface area contributed by atoms with Gasteiger partial charge in [-0.1, -0.05) is 50.1 Å². The van der Waals surface area contributed by atoms with Gasteiger partial charge in [0.2, 0.25) is 5.91 Å². The fourth-order valence-corrected chi connectivity index (χ4v) is 3.41. The van der Waals surface area contributed by atoms with Gasteiger partial charge in [-0.25, -0.2) is 4.68 Å². The molecule has 132 valence electrons. The minimum Gasteiger partial charge on any atom is -0.351 e. The zero-order valence-electron chi connectivity index (χ0n) is 14.8. The topological polar surface area (TPSA) is 64.0 Å². The van der Waals surface area contributed by atoms with Crippen LogP contribution in [0.3, 0.4) is 0 Å². The lowest BCUT2D eigenvalue weighted by atomic mass is 9.86. The molecule has 0 radical (unpaired) electrons. The molecule has 0 saturated heterocycles. The van der Waals surface area contributed by atoms with Gasteiger partial charge in [0.15, 0.2) is 0 Å². The minimum absolute atomic E-state index is 0.140. The molecule has 1 aromatic carbocycles. The van der Waals surface area contributed by atoms with Crippen molar-refractivity contribution in [2.75, 3.05) is 0 Å². The van der Waals surface area contributed by atoms with Gasteiger partial charge in [-0.3, -0.25) is 9.59 Å². The van der Waals surface area contributed by atoms with Crippen molar-refractivity contribution in [2.45, 2.75) is 51.6 Å². The fourth-order valence-electron chi connectivity index (χ4n) is 3.41. The largest absolute Gasteiger partial charge is 0.351 e. The highest BCUT2D eigenvalue weighted by atomic mass is 16.2. The van der Waals surface area contributed by atoms with Gasteiger partial charge in [-0.05, 0) is 31.7 Å². The van der Waals surface area contributed by atoms with E-state index in [2.05, 4.69) is 17.3 Å². The Morgan fingerprint density at radius 3 is 2.60 bits per heavy atom. The molecular weight excluding hydrogens is 314 g/mol. The first kappa shape index (κ1) is 17.4. The Hall–Kier alpha value is -2.43. The Morgan fingerprint density at radius 2 is 1.88 bits per heavy atom. The van der Waals surface area contributed by atoms with Crippen LogP contribution in [0.15, 0.2) is 47.3 Å². The van der Waals surface area contributed by atoms with E-state index in [1.165, 1.54) is 17.2 Å². The van der Waals surface area contributed by atoms with Gasteiger partial charge >= 0.3 is 0 Å². The van der Waals surface area contributed by atoms with Crippen molar-refractivity contribution in [1.29, 1.82) is 0 Å². The fraction of sp³-hybridized carbons (Fsp3) is 0.450. The molecule has 1 heterocycles. The molecular formula is C20H25N3O2. The maximum atomic E-state index is 12.6. The van der Waals surface area contributed by atoms with E-state index < -0.39 is 6.04 Å². The van der Waals surface area contributed by atoms with Crippen molar-refractivity contribution >= 4 is 5.91 Å². The molecule has 1 aliphatic rings. The van der Waals surface area contributed by atoms with E-state index >= 15 is 0 Å². The lowest BCUT2D eigenvalue weighted by molar-refractivity contribution is -0.125. The summed E-state index contributed by atoms with van der Waals surface area (Å²) < 4.78 is 1.28. The molecule has 1 aromatic heterocycles. The van der Waals surface area contributed by atoms with E-state index in [0.29, 0.717) is 11.6 Å². The van der Waals surface area contributed by atoms with Crippen LogP contribution in [0.5, 0.6) is 0 Å². The lowest BCUT2D eigenvalue weighted by Gasteiger charge is -2.30. The molecule has 3 rings (SSSR count). The van der Waals surface area contributed by atoms with Gasteiger partial charge in [0.05, 0.1) is 5.69 Å². The normalized spacial score (nSPS) is 21.5. The van der Waals surface area contributed by atoms with Crippen molar-refractivity contribution in [3.8, 4) is 11.3 Å². The Morgan fingerprint density at radius 1 is 1.16 bits per heavy atom. The maximum Gasteiger partial charge on any atom is 0.267 e. The quantitative estimate of drug-likeness (QED) is 0.930. The average molecular weight is 339 g/mol. The van der Waals surface area contributed by atoms with Crippen LogP contribution in [-0.2, 0) is 4.79 Å². The summed E-state index contributed by atoms with van der Waals surface area (Å²) >= 11 is 0. The molecule has 1 saturated carbocycles. The molecule has 5 heteroatoms. The second-order valence-electron chi connectivity index (χ2n) is 6.92. The van der Waals surface area contributed by atoms with Crippen LogP contribution in [0.4, 0.5) is 0 Å². The molecule has 3 atom stereocenters. The van der Waals surface area contributed by atoms with Crippen molar-refractivity contribution in [3.63, 3.8) is 0 Å². The van der Waals surface area contributed by atoms with E-state index in [1.807, 2.05) is 30.3 Å². The van der Waals surface area contributed by atoms with Crippen molar-refractivity contribution in [3.05, 3.63) is 52.8 Å². The van der Waals surface area contributed by atoms with Crippen LogP contribution < -0.4 is 10.9 Å². The third kappa shape index (κ3) is 3.98. The van der Waals surface area contributed by atoms with Gasteiger partial charge in [0, 0.05) is 17.7 Å². The lowest BCUT2D eigenvalue weighted by Crippen LogP contribution is -2.45. The average Bonchev–Trinajstić information content (AvgIpc) is 2.64. The summed E-state index contributed by atoms with van der Waals surface area (Å²) in [5.74, 6) is 0.337. The zero-order chi connectivity index (χ0) is 17.8. The number of nitrogens with one attached hydrogen (secondary N) is 1. The van der Waals surface area contributed by atoms with E-state index in [1.54, 1.807) is 13.0 Å². The third-order valence-electron chi connectivity index (χ3n) is 5.08.